The van der Waals surface area contributed by atoms with Crippen molar-refractivity contribution in [3.63, 3.8) is 0 Å². The van der Waals surface area contributed by atoms with E-state index in [-0.39, 0.29) is 17.1 Å². The third-order valence-corrected chi connectivity index (χ3v) is 4.83. The molecule has 0 saturated carbocycles. The summed E-state index contributed by atoms with van der Waals surface area (Å²) < 4.78 is 0. The van der Waals surface area contributed by atoms with Gasteiger partial charge in [0.15, 0.2) is 10.3 Å². The molecule has 108 valence electrons. The Bertz CT molecular complexity index is 530. The highest BCUT2D eigenvalue weighted by Crippen LogP contribution is 2.28. The van der Waals surface area contributed by atoms with Gasteiger partial charge in [-0.3, -0.25) is 19.4 Å². The minimum atomic E-state index is -0.163. The molecule has 2 rings (SSSR count). The molecule has 1 unspecified atom stereocenters. The van der Waals surface area contributed by atoms with E-state index in [2.05, 4.69) is 16.8 Å². The molecule has 0 spiro atoms. The minimum absolute atomic E-state index is 0.0104. The number of hydrogen-bond donors (Lipinski definition) is 0. The van der Waals surface area contributed by atoms with Gasteiger partial charge in [-0.25, -0.2) is 0 Å². The number of amides is 2. The molecule has 20 heavy (non-hydrogen) atoms. The fourth-order valence-corrected chi connectivity index (χ4v) is 3.44. The number of nitrogens with zero attached hydrogens (tertiary/aromatic N) is 4. The number of thioether (sulfide) groups is 2. The zero-order valence-electron chi connectivity index (χ0n) is 11.6. The van der Waals surface area contributed by atoms with E-state index in [9.17, 15) is 9.59 Å². The third kappa shape index (κ3) is 3.06. The molecule has 2 saturated heterocycles. The van der Waals surface area contributed by atoms with Gasteiger partial charge in [0.25, 0.3) is 0 Å². The van der Waals surface area contributed by atoms with Gasteiger partial charge in [-0.15, -0.1) is 10.2 Å². The van der Waals surface area contributed by atoms with Crippen molar-refractivity contribution in [3.05, 3.63) is 12.2 Å². The summed E-state index contributed by atoms with van der Waals surface area (Å²) in [5.74, 6) is 0.412. The third-order valence-electron chi connectivity index (χ3n) is 2.76. The standard InChI is InChI=1S/C12H16N4O2S2/c1-7(2)5-16-10(18)8(3)20-12(16)14-13-11-15(4)9(17)6-19-11/h8H,1,5-6H2,2-4H3/b13-11-,14-12-. The lowest BCUT2D eigenvalue weighted by atomic mass is 10.3. The Morgan fingerprint density at radius 1 is 1.40 bits per heavy atom. The first-order valence-corrected chi connectivity index (χ1v) is 7.94. The van der Waals surface area contributed by atoms with Crippen LogP contribution >= 0.6 is 23.5 Å². The fraction of sp³-hybridized carbons (Fsp3) is 0.500. The summed E-state index contributed by atoms with van der Waals surface area (Å²) in [5, 5.41) is 9.19. The molecule has 1 atom stereocenters. The molecule has 0 aromatic rings. The molecule has 0 radical (unpaired) electrons. The number of carbonyl (C=O) groups is 2. The van der Waals surface area contributed by atoms with E-state index in [1.54, 1.807) is 11.9 Å². The van der Waals surface area contributed by atoms with Crippen molar-refractivity contribution in [3.8, 4) is 0 Å². The van der Waals surface area contributed by atoms with Crippen molar-refractivity contribution < 1.29 is 9.59 Å². The van der Waals surface area contributed by atoms with Gasteiger partial charge >= 0.3 is 0 Å². The van der Waals surface area contributed by atoms with Crippen molar-refractivity contribution in [2.45, 2.75) is 19.1 Å². The second kappa shape index (κ2) is 6.01. The molecule has 0 aromatic carbocycles. The lowest BCUT2D eigenvalue weighted by Gasteiger charge is -2.15. The Kier molecular flexibility index (Phi) is 4.54. The molecule has 0 aromatic heterocycles. The van der Waals surface area contributed by atoms with Crippen molar-refractivity contribution in [2.24, 2.45) is 10.2 Å². The van der Waals surface area contributed by atoms with E-state index in [4.69, 9.17) is 0 Å². The molecule has 2 fully saturated rings. The largest absolute Gasteiger partial charge is 0.292 e. The molecule has 2 heterocycles. The van der Waals surface area contributed by atoms with Crippen LogP contribution in [-0.4, -0.2) is 56.5 Å². The molecule has 0 bridgehead atoms. The SMILES string of the molecule is C=C(C)CN1C(=O)C(C)S/C1=N\N=C1/SCC(=O)N1C. The van der Waals surface area contributed by atoms with Crippen LogP contribution in [0.4, 0.5) is 0 Å². The van der Waals surface area contributed by atoms with Gasteiger partial charge in [0, 0.05) is 13.6 Å². The first-order valence-electron chi connectivity index (χ1n) is 6.07. The molecular weight excluding hydrogens is 296 g/mol. The van der Waals surface area contributed by atoms with Crippen molar-refractivity contribution in [1.82, 2.24) is 9.80 Å². The lowest BCUT2D eigenvalue weighted by molar-refractivity contribution is -0.125. The maximum absolute atomic E-state index is 12.0. The fourth-order valence-electron chi connectivity index (χ4n) is 1.69. The van der Waals surface area contributed by atoms with Crippen molar-refractivity contribution in [1.29, 1.82) is 0 Å². The maximum atomic E-state index is 12.0. The van der Waals surface area contributed by atoms with Gasteiger partial charge in [0.2, 0.25) is 11.8 Å². The number of hydrogen-bond acceptors (Lipinski definition) is 6. The van der Waals surface area contributed by atoms with E-state index in [0.29, 0.717) is 22.6 Å². The summed E-state index contributed by atoms with van der Waals surface area (Å²) in [6.45, 7) is 7.97. The monoisotopic (exact) mass is 312 g/mol. The van der Waals surface area contributed by atoms with E-state index in [0.717, 1.165) is 5.57 Å². The number of carbonyl (C=O) groups excluding carboxylic acids is 2. The molecule has 2 aliphatic heterocycles. The highest BCUT2D eigenvalue weighted by molar-refractivity contribution is 8.15. The van der Waals surface area contributed by atoms with E-state index < -0.39 is 0 Å². The molecule has 6 nitrogen and oxygen atoms in total. The first-order chi connectivity index (χ1) is 9.40. The Morgan fingerprint density at radius 3 is 2.60 bits per heavy atom. The summed E-state index contributed by atoms with van der Waals surface area (Å²) in [4.78, 5) is 26.5. The van der Waals surface area contributed by atoms with Crippen LogP contribution in [0, 0.1) is 0 Å². The molecule has 0 aliphatic carbocycles. The van der Waals surface area contributed by atoms with Crippen LogP contribution in [0.2, 0.25) is 0 Å². The van der Waals surface area contributed by atoms with Gasteiger partial charge in [-0.05, 0) is 13.8 Å². The van der Waals surface area contributed by atoms with E-state index in [1.165, 1.54) is 28.4 Å². The van der Waals surface area contributed by atoms with Crippen LogP contribution in [-0.2, 0) is 9.59 Å². The Hall–Kier alpha value is -1.28. The number of rotatable bonds is 3. The Morgan fingerprint density at radius 2 is 2.05 bits per heavy atom. The van der Waals surface area contributed by atoms with Crippen molar-refractivity contribution >= 4 is 45.7 Å². The number of amidine groups is 2. The highest BCUT2D eigenvalue weighted by Gasteiger charge is 2.35. The zero-order valence-corrected chi connectivity index (χ0v) is 13.3. The van der Waals surface area contributed by atoms with E-state index in [1.807, 2.05) is 13.8 Å². The van der Waals surface area contributed by atoms with Gasteiger partial charge in [-0.1, -0.05) is 35.7 Å². The molecule has 2 aliphatic rings. The summed E-state index contributed by atoms with van der Waals surface area (Å²) in [7, 11) is 1.67. The average molecular weight is 312 g/mol. The van der Waals surface area contributed by atoms with Crippen LogP contribution in [0.25, 0.3) is 0 Å². The first kappa shape index (κ1) is 15.1. The van der Waals surface area contributed by atoms with Crippen molar-refractivity contribution in [2.75, 3.05) is 19.3 Å². The summed E-state index contributed by atoms with van der Waals surface area (Å²) >= 11 is 2.72. The van der Waals surface area contributed by atoms with Crippen LogP contribution in [0.15, 0.2) is 22.4 Å². The Balaban J connectivity index is 2.19. The maximum Gasteiger partial charge on any atom is 0.242 e. The van der Waals surface area contributed by atoms with Crippen LogP contribution in [0.1, 0.15) is 13.8 Å². The smallest absolute Gasteiger partial charge is 0.242 e. The topological polar surface area (TPSA) is 65.3 Å². The summed E-state index contributed by atoms with van der Waals surface area (Å²) in [6, 6.07) is 0. The van der Waals surface area contributed by atoms with E-state index >= 15 is 0 Å². The molecular formula is C12H16N4O2S2. The quantitative estimate of drug-likeness (QED) is 0.583. The minimum Gasteiger partial charge on any atom is -0.292 e. The second-order valence-electron chi connectivity index (χ2n) is 4.65. The van der Waals surface area contributed by atoms with Gasteiger partial charge < -0.3 is 0 Å². The molecule has 8 heteroatoms. The average Bonchev–Trinajstić information content (AvgIpc) is 2.83. The van der Waals surface area contributed by atoms with Gasteiger partial charge in [0.1, 0.15) is 0 Å². The van der Waals surface area contributed by atoms with Gasteiger partial charge in [0.05, 0.1) is 11.0 Å². The molecule has 0 N–H and O–H groups in total. The summed E-state index contributed by atoms with van der Waals surface area (Å²) in [5.41, 5.74) is 0.885. The van der Waals surface area contributed by atoms with Gasteiger partial charge in [-0.2, -0.15) is 0 Å². The zero-order chi connectivity index (χ0) is 14.9. The Labute approximate surface area is 126 Å². The van der Waals surface area contributed by atoms with Crippen LogP contribution in [0.3, 0.4) is 0 Å². The molecule has 2 amide bonds. The highest BCUT2D eigenvalue weighted by atomic mass is 32.2. The normalized spacial score (nSPS) is 27.2. The van der Waals surface area contributed by atoms with Crippen LogP contribution < -0.4 is 0 Å². The lowest BCUT2D eigenvalue weighted by Crippen LogP contribution is -2.32. The second-order valence-corrected chi connectivity index (χ2v) is 6.90. The van der Waals surface area contributed by atoms with Crippen LogP contribution in [0.5, 0.6) is 0 Å². The summed E-state index contributed by atoms with van der Waals surface area (Å²) in [6.07, 6.45) is 0. The predicted octanol–water partition coefficient (Wildman–Crippen LogP) is 1.36. The predicted molar refractivity (Wildman–Crippen MR) is 83.7 cm³/mol.